The fraction of sp³-hybridized carbons (Fsp3) is 0.167. The second-order valence-electron chi connectivity index (χ2n) is 7.40. The molecule has 0 aliphatic carbocycles. The van der Waals surface area contributed by atoms with E-state index in [4.69, 9.17) is 9.84 Å². The number of hydrogen-bond donors (Lipinski definition) is 2. The monoisotopic (exact) mass is 431 g/mol. The maximum atomic E-state index is 13.3. The molecular weight excluding hydrogens is 410 g/mol. The highest BCUT2D eigenvalue weighted by Crippen LogP contribution is 2.27. The summed E-state index contributed by atoms with van der Waals surface area (Å²) in [6.45, 7) is 3.70. The van der Waals surface area contributed by atoms with Crippen LogP contribution in [0.15, 0.2) is 60.9 Å². The van der Waals surface area contributed by atoms with Gasteiger partial charge in [-0.1, -0.05) is 12.1 Å². The lowest BCUT2D eigenvalue weighted by atomic mass is 10.0. The quantitative estimate of drug-likeness (QED) is 0.430. The van der Waals surface area contributed by atoms with Crippen LogP contribution in [-0.2, 0) is 11.3 Å². The van der Waals surface area contributed by atoms with E-state index in [9.17, 15) is 14.7 Å². The Kier molecular flexibility index (Phi) is 5.59. The number of carboxylic acids is 1. The number of ether oxygens (including phenoxy) is 1. The molecule has 4 rings (SSSR count). The number of hydrogen-bond acceptors (Lipinski definition) is 6. The number of aliphatic carboxylic acids is 1. The molecule has 8 heteroatoms. The second kappa shape index (κ2) is 8.50. The zero-order valence-corrected chi connectivity index (χ0v) is 17.5. The van der Waals surface area contributed by atoms with Crippen molar-refractivity contribution in [1.82, 2.24) is 14.5 Å². The van der Waals surface area contributed by atoms with Gasteiger partial charge in [-0.05, 0) is 55.8 Å². The molecule has 32 heavy (non-hydrogen) atoms. The fourth-order valence-electron chi connectivity index (χ4n) is 3.55. The molecule has 8 nitrogen and oxygen atoms in total. The minimum absolute atomic E-state index is 0.0832. The minimum atomic E-state index is -1.05. The molecule has 1 unspecified atom stereocenters. The summed E-state index contributed by atoms with van der Waals surface area (Å²) in [5.74, 6) is -0.729. The summed E-state index contributed by atoms with van der Waals surface area (Å²) < 4.78 is 7.37. The van der Waals surface area contributed by atoms with E-state index in [0.29, 0.717) is 40.3 Å². The van der Waals surface area contributed by atoms with E-state index in [-0.39, 0.29) is 11.5 Å². The summed E-state index contributed by atoms with van der Waals surface area (Å²) in [6.07, 6.45) is 2.14. The number of rotatable bonds is 7. The third-order valence-corrected chi connectivity index (χ3v) is 5.19. The van der Waals surface area contributed by atoms with E-state index in [1.807, 2.05) is 17.6 Å². The summed E-state index contributed by atoms with van der Waals surface area (Å²) in [7, 11) is 0. The van der Waals surface area contributed by atoms with Crippen LogP contribution in [0.4, 0.5) is 0 Å². The summed E-state index contributed by atoms with van der Waals surface area (Å²) in [6, 6.07) is 13.2. The summed E-state index contributed by atoms with van der Waals surface area (Å²) in [5, 5.41) is 18.6. The first kappa shape index (κ1) is 21.0. The Hall–Kier alpha value is -4.20. The van der Waals surface area contributed by atoms with Crippen molar-refractivity contribution in [3.05, 3.63) is 83.3 Å². The predicted octanol–water partition coefficient (Wildman–Crippen LogP) is 3.58. The van der Waals surface area contributed by atoms with Crippen LogP contribution in [0.5, 0.6) is 11.5 Å². The first-order valence-electron chi connectivity index (χ1n) is 9.97. The van der Waals surface area contributed by atoms with Crippen LogP contribution in [-0.4, -0.2) is 42.6 Å². The smallest absolute Gasteiger partial charge is 0.344 e. The molecule has 2 heterocycles. The van der Waals surface area contributed by atoms with Crippen molar-refractivity contribution in [2.24, 2.45) is 0 Å². The maximum absolute atomic E-state index is 13.3. The number of carbonyl (C=O) groups is 2. The number of phenolic OH excluding ortho intramolecular Hbond substituents is 1. The first-order chi connectivity index (χ1) is 15.3. The Morgan fingerprint density at radius 3 is 2.53 bits per heavy atom. The summed E-state index contributed by atoms with van der Waals surface area (Å²) >= 11 is 0. The molecule has 0 radical (unpaired) electrons. The third-order valence-electron chi connectivity index (χ3n) is 5.19. The van der Waals surface area contributed by atoms with Crippen LogP contribution in [0.3, 0.4) is 0 Å². The lowest BCUT2D eigenvalue weighted by Gasteiger charge is -2.13. The predicted molar refractivity (Wildman–Crippen MR) is 117 cm³/mol. The molecule has 0 fully saturated rings. The Morgan fingerprint density at radius 1 is 1.09 bits per heavy atom. The van der Waals surface area contributed by atoms with E-state index in [0.717, 1.165) is 5.56 Å². The van der Waals surface area contributed by atoms with Gasteiger partial charge in [0.25, 0.3) is 0 Å². The highest BCUT2D eigenvalue weighted by Gasteiger charge is 2.23. The molecule has 2 N–H and O–H groups in total. The van der Waals surface area contributed by atoms with Crippen molar-refractivity contribution in [3.8, 4) is 11.5 Å². The van der Waals surface area contributed by atoms with Crippen molar-refractivity contribution in [3.63, 3.8) is 0 Å². The lowest BCUT2D eigenvalue weighted by Crippen LogP contribution is -2.22. The summed E-state index contributed by atoms with van der Waals surface area (Å²) in [5.41, 5.74) is 3.51. The number of nitrogens with zero attached hydrogens (tertiary/aromatic N) is 3. The maximum Gasteiger partial charge on any atom is 0.344 e. The van der Waals surface area contributed by atoms with Gasteiger partial charge in [-0.15, -0.1) is 0 Å². The molecule has 0 bridgehead atoms. The first-order valence-corrected chi connectivity index (χ1v) is 9.97. The number of carboxylic acid groups (broad SMARTS) is 1. The van der Waals surface area contributed by atoms with Crippen LogP contribution >= 0.6 is 0 Å². The van der Waals surface area contributed by atoms with E-state index < -0.39 is 12.1 Å². The van der Waals surface area contributed by atoms with Crippen molar-refractivity contribution in [2.75, 3.05) is 0 Å². The topological polar surface area (TPSA) is 115 Å². The van der Waals surface area contributed by atoms with Crippen molar-refractivity contribution >= 4 is 22.9 Å². The van der Waals surface area contributed by atoms with Gasteiger partial charge in [0.1, 0.15) is 17.0 Å². The standard InChI is InChI=1S/C24H21N3O5/c1-14-20(22(29)17-6-8-18(28)9-7-17)21-23(26-11-10-25-21)27(14)13-16-4-3-5-19(12-16)32-15(2)24(30)31/h3-12,15,28H,13H2,1-2H3,(H,30,31). The molecular formula is C24H21N3O5. The molecule has 1 atom stereocenters. The average molecular weight is 431 g/mol. The van der Waals surface area contributed by atoms with Crippen LogP contribution < -0.4 is 4.74 Å². The normalized spacial score (nSPS) is 11.9. The lowest BCUT2D eigenvalue weighted by molar-refractivity contribution is -0.144. The second-order valence-corrected chi connectivity index (χ2v) is 7.40. The van der Waals surface area contributed by atoms with Crippen LogP contribution in [0.25, 0.3) is 11.2 Å². The fourth-order valence-corrected chi connectivity index (χ4v) is 3.55. The SMILES string of the molecule is Cc1c(C(=O)c2ccc(O)cc2)c2nccnc2n1Cc1cccc(OC(C)C(=O)O)c1. The molecule has 0 saturated heterocycles. The molecule has 2 aromatic heterocycles. The number of aromatic nitrogens is 3. The molecule has 162 valence electrons. The zero-order valence-electron chi connectivity index (χ0n) is 17.5. The average Bonchev–Trinajstić information content (AvgIpc) is 3.05. The molecule has 0 amide bonds. The van der Waals surface area contributed by atoms with Gasteiger partial charge in [-0.2, -0.15) is 0 Å². The van der Waals surface area contributed by atoms with Crippen LogP contribution in [0.2, 0.25) is 0 Å². The Balaban J connectivity index is 1.73. The number of benzene rings is 2. The molecule has 0 saturated carbocycles. The van der Waals surface area contributed by atoms with Gasteiger partial charge in [-0.3, -0.25) is 9.78 Å². The number of fused-ring (bicyclic) bond motifs is 1. The Labute approximate surface area is 183 Å². The number of carbonyl (C=O) groups excluding carboxylic acids is 1. The van der Waals surface area contributed by atoms with Gasteiger partial charge >= 0.3 is 5.97 Å². The number of phenols is 1. The van der Waals surface area contributed by atoms with Crippen molar-refractivity contribution in [2.45, 2.75) is 26.5 Å². The van der Waals surface area contributed by atoms with Crippen molar-refractivity contribution < 1.29 is 24.5 Å². The van der Waals surface area contributed by atoms with Gasteiger partial charge in [0.2, 0.25) is 0 Å². The van der Waals surface area contributed by atoms with E-state index in [1.54, 1.807) is 42.7 Å². The van der Waals surface area contributed by atoms with E-state index in [1.165, 1.54) is 19.1 Å². The largest absolute Gasteiger partial charge is 0.508 e. The van der Waals surface area contributed by atoms with Gasteiger partial charge in [0.05, 0.1) is 5.56 Å². The van der Waals surface area contributed by atoms with Gasteiger partial charge in [0, 0.05) is 30.2 Å². The molecule has 0 spiro atoms. The van der Waals surface area contributed by atoms with Gasteiger partial charge < -0.3 is 19.5 Å². The van der Waals surface area contributed by atoms with E-state index >= 15 is 0 Å². The van der Waals surface area contributed by atoms with Gasteiger partial charge in [-0.25, -0.2) is 9.78 Å². The van der Waals surface area contributed by atoms with Crippen molar-refractivity contribution in [1.29, 1.82) is 0 Å². The summed E-state index contributed by atoms with van der Waals surface area (Å²) in [4.78, 5) is 33.2. The molecule has 0 aliphatic heterocycles. The molecule has 2 aromatic carbocycles. The third kappa shape index (κ3) is 4.02. The number of aromatic hydroxyl groups is 1. The Bertz CT molecular complexity index is 1310. The minimum Gasteiger partial charge on any atom is -0.508 e. The van der Waals surface area contributed by atoms with E-state index in [2.05, 4.69) is 9.97 Å². The number of ketones is 1. The Morgan fingerprint density at radius 2 is 1.81 bits per heavy atom. The zero-order chi connectivity index (χ0) is 22.8. The highest BCUT2D eigenvalue weighted by molar-refractivity contribution is 6.16. The van der Waals surface area contributed by atoms with Crippen LogP contribution in [0.1, 0.15) is 34.1 Å². The van der Waals surface area contributed by atoms with Crippen LogP contribution in [0, 0.1) is 6.92 Å². The molecule has 4 aromatic rings. The van der Waals surface area contributed by atoms with Gasteiger partial charge in [0.15, 0.2) is 17.5 Å². The highest BCUT2D eigenvalue weighted by atomic mass is 16.5. The molecule has 0 aliphatic rings.